The van der Waals surface area contributed by atoms with Crippen LogP contribution in [-0.2, 0) is 4.79 Å². The van der Waals surface area contributed by atoms with Gasteiger partial charge < -0.3 is 0 Å². The van der Waals surface area contributed by atoms with Gasteiger partial charge in [-0.15, -0.1) is 0 Å². The van der Waals surface area contributed by atoms with Gasteiger partial charge in [-0.3, -0.25) is 4.79 Å². The second-order valence-corrected chi connectivity index (χ2v) is 10.3. The molecule has 0 radical (unpaired) electrons. The summed E-state index contributed by atoms with van der Waals surface area (Å²) in [6.45, 7) is 0. The molecule has 2 atom stereocenters. The molecule has 2 saturated carbocycles. The summed E-state index contributed by atoms with van der Waals surface area (Å²) in [5, 5.41) is 4.09. The van der Waals surface area contributed by atoms with Crippen LogP contribution in [0, 0.1) is 11.3 Å². The molecule has 2 unspecified atom stereocenters. The highest BCUT2D eigenvalue weighted by atomic mass is 16.1. The number of Topliss-reactive ketones (excluding diaryl/α,β-unsaturated/α-hetero) is 1. The molecule has 2 fully saturated rings. The van der Waals surface area contributed by atoms with Crippen LogP contribution in [0.25, 0.3) is 10.4 Å². The number of rotatable bonds is 7. The third-order valence-corrected chi connectivity index (χ3v) is 8.55. The fourth-order valence-electron chi connectivity index (χ4n) is 6.80. The number of hydrogen-bond acceptors (Lipinski definition) is 2. The first-order valence-corrected chi connectivity index (χ1v) is 12.9. The number of benzene rings is 3. The lowest BCUT2D eigenvalue weighted by Crippen LogP contribution is -2.37. The average molecular weight is 464 g/mol. The molecule has 2 aliphatic rings. The predicted octanol–water partition coefficient (Wildman–Crippen LogP) is 8.21. The summed E-state index contributed by atoms with van der Waals surface area (Å²) < 4.78 is 0. The Bertz CT molecular complexity index is 1120. The average Bonchev–Trinajstić information content (AvgIpc) is 3.17. The Hall–Kier alpha value is -3.36. The van der Waals surface area contributed by atoms with Gasteiger partial charge in [-0.25, -0.2) is 0 Å². The molecule has 3 aromatic rings. The van der Waals surface area contributed by atoms with Crippen LogP contribution in [0.3, 0.4) is 0 Å². The fourth-order valence-corrected chi connectivity index (χ4v) is 6.80. The summed E-state index contributed by atoms with van der Waals surface area (Å²) in [6.07, 6.45) is 6.57. The number of azide groups is 1. The van der Waals surface area contributed by atoms with E-state index in [2.05, 4.69) is 82.8 Å². The van der Waals surface area contributed by atoms with Crippen molar-refractivity contribution >= 4 is 5.78 Å². The first-order valence-electron chi connectivity index (χ1n) is 12.9. The summed E-state index contributed by atoms with van der Waals surface area (Å²) >= 11 is 0. The quantitative estimate of drug-likeness (QED) is 0.198. The smallest absolute Gasteiger partial charge is 0.140 e. The molecule has 178 valence electrons. The standard InChI is InChI=1S/C31H33N3O/c32-34-33-28-22-29(35)31(30(28)26-14-8-3-9-15-26)20-18-23(19-21-31)16-17-27(24-10-4-1-5-11-24)25-12-6-2-7-13-25/h1-15,23,27-28,30H,16-22H2. The van der Waals surface area contributed by atoms with Crippen LogP contribution < -0.4 is 0 Å². The zero-order chi connectivity index (χ0) is 24.1. The number of hydrogen-bond donors (Lipinski definition) is 0. The van der Waals surface area contributed by atoms with Crippen molar-refractivity contribution in [3.63, 3.8) is 0 Å². The van der Waals surface area contributed by atoms with Crippen LogP contribution in [0.4, 0.5) is 0 Å². The van der Waals surface area contributed by atoms with Crippen molar-refractivity contribution in [3.8, 4) is 0 Å². The molecule has 0 amide bonds. The molecule has 0 N–H and O–H groups in total. The van der Waals surface area contributed by atoms with Crippen LogP contribution >= 0.6 is 0 Å². The van der Waals surface area contributed by atoms with E-state index in [1.807, 2.05) is 18.2 Å². The zero-order valence-corrected chi connectivity index (χ0v) is 20.2. The maximum absolute atomic E-state index is 13.4. The molecule has 0 saturated heterocycles. The Morgan fingerprint density at radius 1 is 0.857 bits per heavy atom. The van der Waals surface area contributed by atoms with Gasteiger partial charge in [0.05, 0.1) is 6.04 Å². The SMILES string of the molecule is [N-]=[N+]=NC1CC(=O)C2(CCC(CCC(c3ccccc3)c3ccccc3)CC2)C1c1ccccc1. The van der Waals surface area contributed by atoms with Crippen LogP contribution in [-0.4, -0.2) is 11.8 Å². The number of nitrogens with zero attached hydrogens (tertiary/aromatic N) is 3. The topological polar surface area (TPSA) is 65.8 Å². The van der Waals surface area contributed by atoms with E-state index in [9.17, 15) is 4.79 Å². The minimum absolute atomic E-state index is 0.00515. The van der Waals surface area contributed by atoms with Crippen molar-refractivity contribution in [3.05, 3.63) is 118 Å². The Balaban J connectivity index is 1.31. The highest BCUT2D eigenvalue weighted by Gasteiger charge is 2.55. The third kappa shape index (κ3) is 4.76. The zero-order valence-electron chi connectivity index (χ0n) is 20.2. The summed E-state index contributed by atoms with van der Waals surface area (Å²) in [5.41, 5.74) is 12.7. The third-order valence-electron chi connectivity index (χ3n) is 8.55. The van der Waals surface area contributed by atoms with E-state index >= 15 is 0 Å². The highest BCUT2D eigenvalue weighted by Crippen LogP contribution is 2.57. The van der Waals surface area contributed by atoms with E-state index in [1.54, 1.807) is 0 Å². The van der Waals surface area contributed by atoms with E-state index in [0.717, 1.165) is 44.1 Å². The van der Waals surface area contributed by atoms with Crippen molar-refractivity contribution in [2.75, 3.05) is 0 Å². The molecule has 3 aromatic carbocycles. The summed E-state index contributed by atoms with van der Waals surface area (Å²) in [4.78, 5) is 16.5. The molecular formula is C31H33N3O. The van der Waals surface area contributed by atoms with Gasteiger partial charge in [0.25, 0.3) is 0 Å². The Morgan fingerprint density at radius 2 is 1.40 bits per heavy atom. The lowest BCUT2D eigenvalue weighted by Gasteiger charge is -2.41. The van der Waals surface area contributed by atoms with Crippen LogP contribution in [0.2, 0.25) is 0 Å². The number of ketones is 1. The van der Waals surface area contributed by atoms with E-state index in [-0.39, 0.29) is 17.4 Å². The molecule has 1 spiro atoms. The molecule has 5 rings (SSSR count). The molecule has 4 heteroatoms. The fraction of sp³-hybridized carbons (Fsp3) is 0.387. The second kappa shape index (κ2) is 10.5. The minimum Gasteiger partial charge on any atom is -0.299 e. The largest absolute Gasteiger partial charge is 0.299 e. The molecule has 0 heterocycles. The van der Waals surface area contributed by atoms with Gasteiger partial charge in [0.2, 0.25) is 0 Å². The van der Waals surface area contributed by atoms with Gasteiger partial charge in [-0.2, -0.15) is 0 Å². The number of carbonyl (C=O) groups is 1. The molecule has 4 nitrogen and oxygen atoms in total. The van der Waals surface area contributed by atoms with Crippen molar-refractivity contribution in [2.45, 2.75) is 62.8 Å². The predicted molar refractivity (Wildman–Crippen MR) is 140 cm³/mol. The first kappa shape index (κ1) is 23.4. The second-order valence-electron chi connectivity index (χ2n) is 10.3. The van der Waals surface area contributed by atoms with Crippen molar-refractivity contribution in [1.82, 2.24) is 0 Å². The highest BCUT2D eigenvalue weighted by molar-refractivity contribution is 5.89. The van der Waals surface area contributed by atoms with Gasteiger partial charge in [-0.1, -0.05) is 96.1 Å². The minimum atomic E-state index is -0.380. The molecular weight excluding hydrogens is 430 g/mol. The van der Waals surface area contributed by atoms with Crippen molar-refractivity contribution < 1.29 is 4.79 Å². The number of carbonyl (C=O) groups excluding carboxylic acids is 1. The van der Waals surface area contributed by atoms with E-state index in [0.29, 0.717) is 24.0 Å². The van der Waals surface area contributed by atoms with Crippen LogP contribution in [0.15, 0.2) is 96.1 Å². The van der Waals surface area contributed by atoms with E-state index < -0.39 is 0 Å². The maximum atomic E-state index is 13.4. The summed E-state index contributed by atoms with van der Waals surface area (Å²) in [5.74, 6) is 1.31. The van der Waals surface area contributed by atoms with E-state index in [4.69, 9.17) is 5.53 Å². The van der Waals surface area contributed by atoms with Crippen molar-refractivity contribution in [1.29, 1.82) is 0 Å². The van der Waals surface area contributed by atoms with Crippen molar-refractivity contribution in [2.24, 2.45) is 16.4 Å². The Morgan fingerprint density at radius 3 is 1.94 bits per heavy atom. The Kier molecular flexibility index (Phi) is 7.01. The van der Waals surface area contributed by atoms with Gasteiger partial charge in [0.1, 0.15) is 5.78 Å². The molecule has 0 bridgehead atoms. The molecule has 2 aliphatic carbocycles. The Labute approximate surface area is 208 Å². The van der Waals surface area contributed by atoms with Crippen LogP contribution in [0.1, 0.15) is 73.5 Å². The first-order chi connectivity index (χ1) is 17.2. The van der Waals surface area contributed by atoms with Gasteiger partial charge in [0.15, 0.2) is 0 Å². The molecule has 35 heavy (non-hydrogen) atoms. The van der Waals surface area contributed by atoms with Gasteiger partial charge in [-0.05, 0) is 66.7 Å². The lowest BCUT2D eigenvalue weighted by molar-refractivity contribution is -0.128. The normalized spacial score (nSPS) is 26.1. The van der Waals surface area contributed by atoms with Crippen LogP contribution in [0.5, 0.6) is 0 Å². The van der Waals surface area contributed by atoms with Gasteiger partial charge >= 0.3 is 0 Å². The maximum Gasteiger partial charge on any atom is 0.140 e. The molecule has 0 aliphatic heterocycles. The van der Waals surface area contributed by atoms with E-state index in [1.165, 1.54) is 11.1 Å². The van der Waals surface area contributed by atoms with Gasteiger partial charge in [0, 0.05) is 28.6 Å². The molecule has 0 aromatic heterocycles. The summed E-state index contributed by atoms with van der Waals surface area (Å²) in [7, 11) is 0. The summed E-state index contributed by atoms with van der Waals surface area (Å²) in [6, 6.07) is 31.6. The lowest BCUT2D eigenvalue weighted by atomic mass is 9.61. The monoisotopic (exact) mass is 463 g/mol.